The Kier molecular flexibility index (Phi) is 3.28. The summed E-state index contributed by atoms with van der Waals surface area (Å²) < 4.78 is 18.0. The maximum absolute atomic E-state index is 12.9. The molecule has 0 aliphatic carbocycles. The molecule has 1 aliphatic rings. The number of ether oxygens (including phenoxy) is 1. The highest BCUT2D eigenvalue weighted by atomic mass is 19.1. The first kappa shape index (κ1) is 11.9. The lowest BCUT2D eigenvalue weighted by molar-refractivity contribution is -0.0974. The molecule has 1 aliphatic heterocycles. The molecule has 1 aromatic rings. The Morgan fingerprint density at radius 3 is 2.88 bits per heavy atom. The van der Waals surface area contributed by atoms with Crippen molar-refractivity contribution in [3.8, 4) is 0 Å². The van der Waals surface area contributed by atoms with Crippen molar-refractivity contribution in [3.63, 3.8) is 0 Å². The topological polar surface area (TPSA) is 50.4 Å². The summed E-state index contributed by atoms with van der Waals surface area (Å²) in [5.41, 5.74) is 0.469. The van der Waals surface area contributed by atoms with Gasteiger partial charge in [0.05, 0.1) is 13.2 Å². The van der Waals surface area contributed by atoms with Crippen LogP contribution < -0.4 is 10.6 Å². The fourth-order valence-electron chi connectivity index (χ4n) is 1.59. The maximum Gasteiger partial charge on any atom is 0.319 e. The van der Waals surface area contributed by atoms with Crippen LogP contribution in [0.1, 0.15) is 6.92 Å². The molecule has 5 heteroatoms. The zero-order valence-corrected chi connectivity index (χ0v) is 9.63. The third kappa shape index (κ3) is 3.17. The molecule has 0 unspecified atom stereocenters. The van der Waals surface area contributed by atoms with Gasteiger partial charge in [0, 0.05) is 17.6 Å². The molecule has 0 atom stereocenters. The van der Waals surface area contributed by atoms with Crippen LogP contribution >= 0.6 is 0 Å². The molecule has 0 radical (unpaired) electrons. The number of hydrogen-bond donors (Lipinski definition) is 2. The molecular weight excluding hydrogens is 223 g/mol. The number of carbonyl (C=O) groups excluding carboxylic acids is 1. The third-order valence-electron chi connectivity index (χ3n) is 2.66. The summed E-state index contributed by atoms with van der Waals surface area (Å²) >= 11 is 0. The monoisotopic (exact) mass is 238 g/mol. The van der Waals surface area contributed by atoms with Crippen LogP contribution in [0.3, 0.4) is 0 Å². The molecule has 4 nitrogen and oxygen atoms in total. The van der Waals surface area contributed by atoms with E-state index in [1.165, 1.54) is 12.1 Å². The number of nitrogens with one attached hydrogen (secondary N) is 2. The van der Waals surface area contributed by atoms with E-state index in [1.807, 2.05) is 6.92 Å². The Morgan fingerprint density at radius 2 is 2.29 bits per heavy atom. The van der Waals surface area contributed by atoms with Gasteiger partial charge < -0.3 is 15.4 Å². The number of urea groups is 1. The van der Waals surface area contributed by atoms with Crippen molar-refractivity contribution in [2.45, 2.75) is 6.92 Å². The normalized spacial score (nSPS) is 17.1. The summed E-state index contributed by atoms with van der Waals surface area (Å²) in [6.45, 7) is 3.91. The van der Waals surface area contributed by atoms with Crippen molar-refractivity contribution in [1.82, 2.24) is 5.32 Å². The number of rotatable bonds is 3. The van der Waals surface area contributed by atoms with Gasteiger partial charge in [-0.05, 0) is 18.2 Å². The minimum Gasteiger partial charge on any atom is -0.380 e. The van der Waals surface area contributed by atoms with Crippen molar-refractivity contribution in [1.29, 1.82) is 0 Å². The number of benzene rings is 1. The van der Waals surface area contributed by atoms with Crippen molar-refractivity contribution in [2.24, 2.45) is 5.41 Å². The van der Waals surface area contributed by atoms with E-state index in [4.69, 9.17) is 4.74 Å². The first-order valence-electron chi connectivity index (χ1n) is 5.46. The molecule has 0 spiro atoms. The molecular formula is C12H15FN2O2. The number of halogens is 1. The standard InChI is InChI=1S/C12H15FN2O2/c1-12(7-17-8-12)6-14-11(16)15-10-4-2-3-9(13)5-10/h2-5H,6-8H2,1H3,(H2,14,15,16). The molecule has 17 heavy (non-hydrogen) atoms. The van der Waals surface area contributed by atoms with E-state index in [-0.39, 0.29) is 17.3 Å². The van der Waals surface area contributed by atoms with Crippen LogP contribution in [0.2, 0.25) is 0 Å². The minimum atomic E-state index is -0.373. The highest BCUT2D eigenvalue weighted by Crippen LogP contribution is 2.25. The highest BCUT2D eigenvalue weighted by Gasteiger charge is 2.33. The van der Waals surface area contributed by atoms with E-state index in [0.717, 1.165) is 0 Å². The average Bonchev–Trinajstić information content (AvgIpc) is 2.24. The van der Waals surface area contributed by atoms with Gasteiger partial charge in [-0.25, -0.2) is 9.18 Å². The fraction of sp³-hybridized carbons (Fsp3) is 0.417. The Hall–Kier alpha value is -1.62. The van der Waals surface area contributed by atoms with Crippen molar-refractivity contribution < 1.29 is 13.9 Å². The van der Waals surface area contributed by atoms with E-state index >= 15 is 0 Å². The quantitative estimate of drug-likeness (QED) is 0.846. The van der Waals surface area contributed by atoms with E-state index in [0.29, 0.717) is 25.4 Å². The highest BCUT2D eigenvalue weighted by molar-refractivity contribution is 5.89. The number of carbonyl (C=O) groups is 1. The van der Waals surface area contributed by atoms with Crippen LogP contribution in [-0.4, -0.2) is 25.8 Å². The van der Waals surface area contributed by atoms with Crippen molar-refractivity contribution >= 4 is 11.7 Å². The summed E-state index contributed by atoms with van der Waals surface area (Å²) in [6, 6.07) is 5.45. The number of anilines is 1. The largest absolute Gasteiger partial charge is 0.380 e. The van der Waals surface area contributed by atoms with Crippen LogP contribution in [0.4, 0.5) is 14.9 Å². The second-order valence-electron chi connectivity index (χ2n) is 4.62. The van der Waals surface area contributed by atoms with Gasteiger partial charge in [-0.2, -0.15) is 0 Å². The van der Waals surface area contributed by atoms with Gasteiger partial charge in [-0.1, -0.05) is 13.0 Å². The Balaban J connectivity index is 1.81. The van der Waals surface area contributed by atoms with Crippen LogP contribution in [0.25, 0.3) is 0 Å². The lowest BCUT2D eigenvalue weighted by Crippen LogP contribution is -2.49. The molecule has 1 aromatic carbocycles. The van der Waals surface area contributed by atoms with E-state index in [2.05, 4.69) is 10.6 Å². The van der Waals surface area contributed by atoms with Crippen LogP contribution in [0.15, 0.2) is 24.3 Å². The molecule has 0 aromatic heterocycles. The molecule has 2 N–H and O–H groups in total. The second kappa shape index (κ2) is 4.71. The van der Waals surface area contributed by atoms with Gasteiger partial charge in [0.2, 0.25) is 0 Å². The van der Waals surface area contributed by atoms with Gasteiger partial charge in [0.25, 0.3) is 0 Å². The number of amides is 2. The molecule has 0 bridgehead atoms. The van der Waals surface area contributed by atoms with Crippen LogP contribution in [-0.2, 0) is 4.74 Å². The Bertz CT molecular complexity index is 419. The third-order valence-corrected chi connectivity index (χ3v) is 2.66. The van der Waals surface area contributed by atoms with E-state index in [1.54, 1.807) is 12.1 Å². The maximum atomic E-state index is 12.9. The molecule has 1 heterocycles. The zero-order valence-electron chi connectivity index (χ0n) is 9.63. The van der Waals surface area contributed by atoms with Crippen molar-refractivity contribution in [3.05, 3.63) is 30.1 Å². The average molecular weight is 238 g/mol. The molecule has 92 valence electrons. The lowest BCUT2D eigenvalue weighted by atomic mass is 9.89. The summed E-state index contributed by atoms with van der Waals surface area (Å²) in [4.78, 5) is 11.5. The SMILES string of the molecule is CC1(CNC(=O)Nc2cccc(F)c2)COC1. The van der Waals surface area contributed by atoms with Gasteiger partial charge in [0.1, 0.15) is 5.82 Å². The second-order valence-corrected chi connectivity index (χ2v) is 4.62. The van der Waals surface area contributed by atoms with Crippen LogP contribution in [0.5, 0.6) is 0 Å². The first-order valence-corrected chi connectivity index (χ1v) is 5.46. The van der Waals surface area contributed by atoms with Gasteiger partial charge in [0.15, 0.2) is 0 Å². The van der Waals surface area contributed by atoms with Gasteiger partial charge >= 0.3 is 6.03 Å². The van der Waals surface area contributed by atoms with Crippen LogP contribution in [0, 0.1) is 11.2 Å². The first-order chi connectivity index (χ1) is 8.07. The van der Waals surface area contributed by atoms with Crippen molar-refractivity contribution in [2.75, 3.05) is 25.1 Å². The zero-order chi connectivity index (χ0) is 12.3. The predicted molar refractivity (Wildman–Crippen MR) is 62.3 cm³/mol. The summed E-state index contributed by atoms with van der Waals surface area (Å²) in [7, 11) is 0. The Labute approximate surface area is 99.2 Å². The minimum absolute atomic E-state index is 0.0271. The molecule has 2 amide bonds. The van der Waals surface area contributed by atoms with E-state index < -0.39 is 0 Å². The van der Waals surface area contributed by atoms with Gasteiger partial charge in [-0.3, -0.25) is 0 Å². The molecule has 1 saturated heterocycles. The lowest BCUT2D eigenvalue weighted by Gasteiger charge is -2.37. The predicted octanol–water partition coefficient (Wildman–Crippen LogP) is 1.98. The summed E-state index contributed by atoms with van der Waals surface area (Å²) in [6.07, 6.45) is 0. The molecule has 2 rings (SSSR count). The molecule has 1 fully saturated rings. The summed E-state index contributed by atoms with van der Waals surface area (Å²) in [5.74, 6) is -0.373. The smallest absolute Gasteiger partial charge is 0.319 e. The van der Waals surface area contributed by atoms with E-state index in [9.17, 15) is 9.18 Å². The fourth-order valence-corrected chi connectivity index (χ4v) is 1.59. The Morgan fingerprint density at radius 1 is 1.53 bits per heavy atom. The summed E-state index contributed by atoms with van der Waals surface area (Å²) in [5, 5.41) is 5.31. The van der Waals surface area contributed by atoms with Gasteiger partial charge in [-0.15, -0.1) is 0 Å². The molecule has 0 saturated carbocycles. The number of hydrogen-bond acceptors (Lipinski definition) is 2.